The van der Waals surface area contributed by atoms with Crippen molar-refractivity contribution in [2.24, 2.45) is 5.41 Å². The number of hydrogen-bond donors (Lipinski definition) is 0. The topological polar surface area (TPSA) is 72.9 Å². The zero-order valence-electron chi connectivity index (χ0n) is 13.1. The van der Waals surface area contributed by atoms with E-state index in [9.17, 15) is 14.4 Å². The lowest BCUT2D eigenvalue weighted by Crippen LogP contribution is -2.45. The van der Waals surface area contributed by atoms with Gasteiger partial charge in [0.1, 0.15) is 17.4 Å². The molecule has 1 saturated heterocycles. The van der Waals surface area contributed by atoms with Crippen molar-refractivity contribution in [3.05, 3.63) is 0 Å². The minimum absolute atomic E-state index is 0.184. The minimum atomic E-state index is -0.645. The van der Waals surface area contributed by atoms with Crippen LogP contribution in [0.3, 0.4) is 0 Å². The highest BCUT2D eigenvalue weighted by atomic mass is 16.6. The summed E-state index contributed by atoms with van der Waals surface area (Å²) < 4.78 is 10.4. The van der Waals surface area contributed by atoms with E-state index in [-0.39, 0.29) is 17.8 Å². The highest BCUT2D eigenvalue weighted by Crippen LogP contribution is 2.48. The van der Waals surface area contributed by atoms with Gasteiger partial charge >= 0.3 is 12.1 Å². The molecule has 1 atom stereocenters. The van der Waals surface area contributed by atoms with E-state index in [0.717, 1.165) is 0 Å². The molecule has 0 bridgehead atoms. The number of Topliss-reactive ketones (excluding diaryl/α,β-unsaturated/α-hetero) is 1. The van der Waals surface area contributed by atoms with Gasteiger partial charge in [0.25, 0.3) is 0 Å². The Kier molecular flexibility index (Phi) is 4.00. The molecule has 6 nitrogen and oxygen atoms in total. The zero-order valence-corrected chi connectivity index (χ0v) is 13.1. The number of likely N-dealkylation sites (tertiary alicyclic amines) is 1. The van der Waals surface area contributed by atoms with Gasteiger partial charge in [-0.25, -0.2) is 9.59 Å². The van der Waals surface area contributed by atoms with Crippen LogP contribution in [0.1, 0.15) is 47.0 Å². The fourth-order valence-electron chi connectivity index (χ4n) is 3.06. The van der Waals surface area contributed by atoms with E-state index in [0.29, 0.717) is 25.8 Å². The number of rotatable bonds is 2. The van der Waals surface area contributed by atoms with Gasteiger partial charge in [0.05, 0.1) is 6.61 Å². The van der Waals surface area contributed by atoms with Crippen LogP contribution >= 0.6 is 0 Å². The molecule has 2 aliphatic rings. The van der Waals surface area contributed by atoms with Crippen molar-refractivity contribution >= 4 is 17.8 Å². The van der Waals surface area contributed by atoms with Crippen LogP contribution in [0, 0.1) is 5.41 Å². The van der Waals surface area contributed by atoms with Crippen LogP contribution in [-0.2, 0) is 19.1 Å². The predicted octanol–water partition coefficient (Wildman–Crippen LogP) is 1.91. The first-order chi connectivity index (χ1) is 9.66. The van der Waals surface area contributed by atoms with Gasteiger partial charge in [-0.1, -0.05) is 0 Å². The van der Waals surface area contributed by atoms with Crippen molar-refractivity contribution < 1.29 is 23.9 Å². The first-order valence-electron chi connectivity index (χ1n) is 7.34. The largest absolute Gasteiger partial charge is 0.464 e. The average Bonchev–Trinajstić information content (AvgIpc) is 2.67. The Labute approximate surface area is 124 Å². The Morgan fingerprint density at radius 3 is 2.43 bits per heavy atom. The summed E-state index contributed by atoms with van der Waals surface area (Å²) in [6.07, 6.45) is 0.832. The zero-order chi connectivity index (χ0) is 15.8. The van der Waals surface area contributed by atoms with E-state index in [1.165, 1.54) is 4.90 Å². The summed E-state index contributed by atoms with van der Waals surface area (Å²) in [5, 5.41) is 0. The summed E-state index contributed by atoms with van der Waals surface area (Å²) in [6.45, 7) is 7.73. The lowest BCUT2D eigenvalue weighted by molar-refractivity contribution is -0.148. The number of amides is 1. The second-order valence-electron chi connectivity index (χ2n) is 6.97. The summed E-state index contributed by atoms with van der Waals surface area (Å²) in [5.41, 5.74) is -0.882. The summed E-state index contributed by atoms with van der Waals surface area (Å²) in [7, 11) is 0. The van der Waals surface area contributed by atoms with Gasteiger partial charge < -0.3 is 9.47 Å². The number of hydrogen-bond acceptors (Lipinski definition) is 5. The molecule has 0 aromatic carbocycles. The van der Waals surface area contributed by atoms with E-state index >= 15 is 0 Å². The second-order valence-corrected chi connectivity index (χ2v) is 6.97. The van der Waals surface area contributed by atoms with Crippen molar-refractivity contribution in [1.29, 1.82) is 0 Å². The van der Waals surface area contributed by atoms with Crippen LogP contribution in [0.4, 0.5) is 4.79 Å². The van der Waals surface area contributed by atoms with Gasteiger partial charge in [-0.15, -0.1) is 0 Å². The summed E-state index contributed by atoms with van der Waals surface area (Å²) in [4.78, 5) is 37.1. The molecular weight excluding hydrogens is 274 g/mol. The Morgan fingerprint density at radius 2 is 1.95 bits per heavy atom. The smallest absolute Gasteiger partial charge is 0.411 e. The third-order valence-electron chi connectivity index (χ3n) is 3.84. The van der Waals surface area contributed by atoms with Crippen molar-refractivity contribution in [3.8, 4) is 0 Å². The highest BCUT2D eigenvalue weighted by molar-refractivity contribution is 5.89. The molecule has 1 saturated carbocycles. The molecule has 1 aliphatic heterocycles. The molecule has 0 radical (unpaired) electrons. The van der Waals surface area contributed by atoms with Crippen molar-refractivity contribution in [1.82, 2.24) is 4.90 Å². The monoisotopic (exact) mass is 297 g/mol. The van der Waals surface area contributed by atoms with Crippen LogP contribution in [0.15, 0.2) is 0 Å². The summed E-state index contributed by atoms with van der Waals surface area (Å²) in [6, 6.07) is -0.645. The van der Waals surface area contributed by atoms with E-state index in [4.69, 9.17) is 9.47 Å². The van der Waals surface area contributed by atoms with E-state index in [2.05, 4.69) is 0 Å². The van der Waals surface area contributed by atoms with E-state index in [1.807, 2.05) is 0 Å². The molecule has 0 aromatic rings. The van der Waals surface area contributed by atoms with Crippen LogP contribution in [0.25, 0.3) is 0 Å². The molecule has 2 fully saturated rings. The first kappa shape index (κ1) is 15.8. The predicted molar refractivity (Wildman–Crippen MR) is 74.7 cm³/mol. The van der Waals surface area contributed by atoms with Gasteiger partial charge in [0.15, 0.2) is 0 Å². The lowest BCUT2D eigenvalue weighted by Gasteiger charge is -2.36. The molecule has 2 rings (SSSR count). The normalized spacial score (nSPS) is 23.9. The third-order valence-corrected chi connectivity index (χ3v) is 3.84. The second kappa shape index (κ2) is 5.31. The maximum Gasteiger partial charge on any atom is 0.411 e. The maximum atomic E-state index is 12.3. The Morgan fingerprint density at radius 1 is 1.33 bits per heavy atom. The van der Waals surface area contributed by atoms with Gasteiger partial charge in [-0.05, 0) is 34.1 Å². The molecule has 1 spiro atoms. The number of carbonyl (C=O) groups is 3. The number of carbonyl (C=O) groups excluding carboxylic acids is 3. The average molecular weight is 297 g/mol. The molecule has 1 amide bonds. The maximum absolute atomic E-state index is 12.3. The quantitative estimate of drug-likeness (QED) is 0.728. The Hall–Kier alpha value is -1.59. The van der Waals surface area contributed by atoms with Gasteiger partial charge in [0, 0.05) is 24.8 Å². The molecule has 0 N–H and O–H groups in total. The summed E-state index contributed by atoms with van der Waals surface area (Å²) in [5.74, 6) is -0.233. The molecule has 1 aliphatic carbocycles. The standard InChI is InChI=1S/C15H23NO5/c1-5-20-12(18)11-8-15(6-10(17)7-15)9-16(11)13(19)21-14(2,3)4/h11H,5-9H2,1-4H3. The molecule has 21 heavy (non-hydrogen) atoms. The number of esters is 1. The molecule has 6 heteroatoms. The Balaban J connectivity index is 2.13. The van der Waals surface area contributed by atoms with Crippen molar-refractivity contribution in [2.75, 3.05) is 13.2 Å². The molecular formula is C15H23NO5. The fraction of sp³-hybridized carbons (Fsp3) is 0.800. The number of nitrogens with zero attached hydrogens (tertiary/aromatic N) is 1. The third kappa shape index (κ3) is 3.36. The van der Waals surface area contributed by atoms with Gasteiger partial charge in [-0.3, -0.25) is 9.69 Å². The molecule has 118 valence electrons. The van der Waals surface area contributed by atoms with E-state index in [1.54, 1.807) is 27.7 Å². The minimum Gasteiger partial charge on any atom is -0.464 e. The van der Waals surface area contributed by atoms with Crippen LogP contribution in [0.5, 0.6) is 0 Å². The fourth-order valence-corrected chi connectivity index (χ4v) is 3.06. The van der Waals surface area contributed by atoms with Crippen LogP contribution in [-0.4, -0.2) is 47.5 Å². The number of ketones is 1. The summed E-state index contributed by atoms with van der Waals surface area (Å²) >= 11 is 0. The van der Waals surface area contributed by atoms with E-state index < -0.39 is 23.7 Å². The molecule has 1 heterocycles. The van der Waals surface area contributed by atoms with Crippen molar-refractivity contribution in [2.45, 2.75) is 58.6 Å². The number of ether oxygens (including phenoxy) is 2. The molecule has 1 unspecified atom stereocenters. The first-order valence-corrected chi connectivity index (χ1v) is 7.34. The highest BCUT2D eigenvalue weighted by Gasteiger charge is 2.56. The van der Waals surface area contributed by atoms with Gasteiger partial charge in [-0.2, -0.15) is 0 Å². The molecule has 0 aromatic heterocycles. The van der Waals surface area contributed by atoms with Gasteiger partial charge in [0.2, 0.25) is 0 Å². The lowest BCUT2D eigenvalue weighted by atomic mass is 9.66. The van der Waals surface area contributed by atoms with Crippen LogP contribution in [0.2, 0.25) is 0 Å². The van der Waals surface area contributed by atoms with Crippen LogP contribution < -0.4 is 0 Å². The van der Waals surface area contributed by atoms with Crippen molar-refractivity contribution in [3.63, 3.8) is 0 Å². The SMILES string of the molecule is CCOC(=O)C1CC2(CC(=O)C2)CN1C(=O)OC(C)(C)C. The Bertz CT molecular complexity index is 457.